The van der Waals surface area contributed by atoms with Crippen LogP contribution in [0.15, 0.2) is 59.5 Å². The van der Waals surface area contributed by atoms with Crippen molar-refractivity contribution in [1.29, 1.82) is 0 Å². The fourth-order valence-electron chi connectivity index (χ4n) is 1.89. The minimum Gasteiger partial charge on any atom is -0.289 e. The van der Waals surface area contributed by atoms with Gasteiger partial charge in [-0.3, -0.25) is 10.0 Å². The Balaban J connectivity index is 2.39. The summed E-state index contributed by atoms with van der Waals surface area (Å²) in [5.74, 6) is -0.784. The number of hydrogen-bond donors (Lipinski definition) is 2. The molecular weight excluding hydrogens is 315 g/mol. The second-order valence-electron chi connectivity index (χ2n) is 4.38. The molecule has 2 rings (SSSR count). The van der Waals surface area contributed by atoms with Crippen molar-refractivity contribution in [2.24, 2.45) is 0 Å². The maximum atomic E-state index is 13.0. The Hall–Kier alpha value is -1.99. The lowest BCUT2D eigenvalue weighted by Crippen LogP contribution is -2.24. The number of carbonyl (C=O) groups is 1. The van der Waals surface area contributed by atoms with E-state index in [1.807, 2.05) is 0 Å². The summed E-state index contributed by atoms with van der Waals surface area (Å²) in [4.78, 5) is 11.7. The number of alkyl halides is 3. The van der Waals surface area contributed by atoms with Crippen molar-refractivity contribution < 1.29 is 23.2 Å². The van der Waals surface area contributed by atoms with Crippen molar-refractivity contribution in [3.8, 4) is 0 Å². The topological polar surface area (TPSA) is 49.3 Å². The summed E-state index contributed by atoms with van der Waals surface area (Å²) in [6.07, 6.45) is -4.51. The molecule has 2 aromatic carbocycles. The molecule has 0 aliphatic carbocycles. The van der Waals surface area contributed by atoms with Gasteiger partial charge in [-0.15, -0.1) is 11.8 Å². The molecule has 0 spiro atoms. The molecule has 0 heterocycles. The quantitative estimate of drug-likeness (QED) is 0.506. The molecule has 1 amide bonds. The average Bonchev–Trinajstić information content (AvgIpc) is 2.52. The molecule has 3 nitrogen and oxygen atoms in total. The van der Waals surface area contributed by atoms with Crippen LogP contribution in [-0.2, 0) is 11.0 Å². The summed E-state index contributed by atoms with van der Waals surface area (Å²) in [5.41, 5.74) is 1.18. The lowest BCUT2D eigenvalue weighted by atomic mass is 10.1. The van der Waals surface area contributed by atoms with Gasteiger partial charge in [-0.05, 0) is 17.7 Å². The molecule has 0 radical (unpaired) electrons. The van der Waals surface area contributed by atoms with Gasteiger partial charge >= 0.3 is 6.18 Å². The van der Waals surface area contributed by atoms with Crippen LogP contribution < -0.4 is 5.48 Å². The molecule has 0 fully saturated rings. The average molecular weight is 327 g/mol. The molecule has 116 valence electrons. The highest BCUT2D eigenvalue weighted by Crippen LogP contribution is 2.42. The molecule has 2 N–H and O–H groups in total. The van der Waals surface area contributed by atoms with Crippen molar-refractivity contribution in [2.45, 2.75) is 16.3 Å². The van der Waals surface area contributed by atoms with Crippen LogP contribution in [0.1, 0.15) is 16.4 Å². The van der Waals surface area contributed by atoms with Crippen molar-refractivity contribution in [1.82, 2.24) is 5.48 Å². The fraction of sp³-hybridized carbons (Fsp3) is 0.133. The fourth-order valence-corrected chi connectivity index (χ4v) is 3.06. The molecule has 22 heavy (non-hydrogen) atoms. The van der Waals surface area contributed by atoms with Gasteiger partial charge in [0.25, 0.3) is 5.91 Å². The highest BCUT2D eigenvalue weighted by molar-refractivity contribution is 8.00. The zero-order chi connectivity index (χ0) is 16.2. The lowest BCUT2D eigenvalue weighted by Gasteiger charge is -2.18. The van der Waals surface area contributed by atoms with Gasteiger partial charge in [0.2, 0.25) is 0 Å². The molecule has 0 aliphatic rings. The number of nitrogens with one attached hydrogen (secondary N) is 1. The van der Waals surface area contributed by atoms with Crippen LogP contribution in [0.4, 0.5) is 13.2 Å². The van der Waals surface area contributed by atoms with Crippen LogP contribution in [-0.4, -0.2) is 11.1 Å². The van der Waals surface area contributed by atoms with Crippen LogP contribution in [0.2, 0.25) is 0 Å². The molecule has 0 saturated heterocycles. The van der Waals surface area contributed by atoms with E-state index in [2.05, 4.69) is 0 Å². The van der Waals surface area contributed by atoms with Crippen molar-refractivity contribution in [3.63, 3.8) is 0 Å². The number of amides is 1. The van der Waals surface area contributed by atoms with Gasteiger partial charge in [0, 0.05) is 4.90 Å². The van der Waals surface area contributed by atoms with E-state index < -0.39 is 22.9 Å². The van der Waals surface area contributed by atoms with Crippen molar-refractivity contribution in [2.75, 3.05) is 0 Å². The molecule has 0 saturated carbocycles. The van der Waals surface area contributed by atoms with E-state index in [4.69, 9.17) is 5.21 Å². The van der Waals surface area contributed by atoms with Crippen molar-refractivity contribution >= 4 is 17.7 Å². The first-order chi connectivity index (χ1) is 10.4. The predicted molar refractivity (Wildman–Crippen MR) is 76.4 cm³/mol. The first kappa shape index (κ1) is 16.4. The summed E-state index contributed by atoms with van der Waals surface area (Å²) in [5, 5.41) is 7.85. The molecule has 1 unspecified atom stereocenters. The minimum atomic E-state index is -4.51. The first-order valence-electron chi connectivity index (χ1n) is 6.25. The van der Waals surface area contributed by atoms with Crippen LogP contribution in [0.3, 0.4) is 0 Å². The SMILES string of the molecule is O=C(NO)C(Sc1ccccc1C(F)(F)F)c1ccccc1. The van der Waals surface area contributed by atoms with Gasteiger partial charge in [-0.1, -0.05) is 42.5 Å². The van der Waals surface area contributed by atoms with Crippen LogP contribution >= 0.6 is 11.8 Å². The third-order valence-corrected chi connectivity index (χ3v) is 4.22. The Morgan fingerprint density at radius 3 is 2.23 bits per heavy atom. The van der Waals surface area contributed by atoms with Crippen molar-refractivity contribution in [3.05, 3.63) is 65.7 Å². The summed E-state index contributed by atoms with van der Waals surface area (Å²) in [6, 6.07) is 13.3. The highest BCUT2D eigenvalue weighted by Gasteiger charge is 2.34. The van der Waals surface area contributed by atoms with E-state index in [0.717, 1.165) is 17.8 Å². The Kier molecular flexibility index (Phi) is 5.10. The van der Waals surface area contributed by atoms with Crippen LogP contribution in [0.25, 0.3) is 0 Å². The third-order valence-electron chi connectivity index (χ3n) is 2.89. The Labute approximate surface area is 129 Å². The molecular formula is C15H12F3NO2S. The van der Waals surface area contributed by atoms with Gasteiger partial charge in [-0.25, -0.2) is 5.48 Å². The van der Waals surface area contributed by atoms with E-state index in [0.29, 0.717) is 5.56 Å². The number of rotatable bonds is 4. The summed E-state index contributed by atoms with van der Waals surface area (Å²) < 4.78 is 39.1. The third kappa shape index (κ3) is 3.80. The number of thioether (sulfide) groups is 1. The monoisotopic (exact) mass is 327 g/mol. The zero-order valence-electron chi connectivity index (χ0n) is 11.2. The van der Waals surface area contributed by atoms with E-state index in [1.54, 1.807) is 30.3 Å². The Morgan fingerprint density at radius 2 is 1.64 bits per heavy atom. The number of carbonyl (C=O) groups excluding carboxylic acids is 1. The first-order valence-corrected chi connectivity index (χ1v) is 7.13. The van der Waals surface area contributed by atoms with E-state index >= 15 is 0 Å². The smallest absolute Gasteiger partial charge is 0.289 e. The van der Waals surface area contributed by atoms with Crippen LogP contribution in [0, 0.1) is 0 Å². The maximum absolute atomic E-state index is 13.0. The Bertz CT molecular complexity index is 647. The Morgan fingerprint density at radius 1 is 1.05 bits per heavy atom. The van der Waals surface area contributed by atoms with Gasteiger partial charge < -0.3 is 0 Å². The normalized spacial score (nSPS) is 12.7. The largest absolute Gasteiger partial charge is 0.417 e. The standard InChI is InChI=1S/C15H12F3NO2S/c16-15(17,18)11-8-4-5-9-12(11)22-13(14(20)19-21)10-6-2-1-3-7-10/h1-9,13,21H,(H,19,20). The van der Waals surface area contributed by atoms with Gasteiger partial charge in [0.1, 0.15) is 5.25 Å². The second-order valence-corrected chi connectivity index (χ2v) is 5.53. The lowest BCUT2D eigenvalue weighted by molar-refractivity contribution is -0.139. The molecule has 7 heteroatoms. The number of halogens is 3. The van der Waals surface area contributed by atoms with Gasteiger partial charge in [0.05, 0.1) is 5.56 Å². The van der Waals surface area contributed by atoms with E-state index in [9.17, 15) is 18.0 Å². The summed E-state index contributed by atoms with van der Waals surface area (Å²) in [6.45, 7) is 0. The van der Waals surface area contributed by atoms with E-state index in [-0.39, 0.29) is 4.90 Å². The predicted octanol–water partition coefficient (Wildman–Crippen LogP) is 4.04. The summed E-state index contributed by atoms with van der Waals surface area (Å²) in [7, 11) is 0. The number of hydrogen-bond acceptors (Lipinski definition) is 3. The highest BCUT2D eigenvalue weighted by atomic mass is 32.2. The van der Waals surface area contributed by atoms with Crippen LogP contribution in [0.5, 0.6) is 0 Å². The van der Waals surface area contributed by atoms with Gasteiger partial charge in [0.15, 0.2) is 0 Å². The molecule has 0 aliphatic heterocycles. The number of hydroxylamine groups is 1. The molecule has 2 aromatic rings. The molecule has 1 atom stereocenters. The van der Waals surface area contributed by atoms with Gasteiger partial charge in [-0.2, -0.15) is 13.2 Å². The minimum absolute atomic E-state index is 0.0764. The maximum Gasteiger partial charge on any atom is 0.417 e. The summed E-state index contributed by atoms with van der Waals surface area (Å²) >= 11 is 0.736. The molecule has 0 bridgehead atoms. The number of benzene rings is 2. The zero-order valence-corrected chi connectivity index (χ0v) is 12.0. The second kappa shape index (κ2) is 6.85. The van der Waals surface area contributed by atoms with E-state index in [1.165, 1.54) is 23.7 Å². The molecule has 0 aromatic heterocycles.